The standard InChI is InChI=1S/C27H21ClN2O2S/c1-17-14-21(18(2)30(17)24-13-7-10-19-8-3-5-11-22(19)24)15-25-26(31)29(27(32)33-25)16-20-9-4-6-12-23(20)28/h3-15H,16H2,1-2H3/b25-15-. The number of aromatic nitrogens is 1. The summed E-state index contributed by atoms with van der Waals surface area (Å²) in [5.74, 6) is -0.292. The van der Waals surface area contributed by atoms with Gasteiger partial charge in [-0.2, -0.15) is 0 Å². The van der Waals surface area contributed by atoms with Gasteiger partial charge < -0.3 is 4.57 Å². The smallest absolute Gasteiger partial charge is 0.293 e. The number of nitrogens with zero attached hydrogens (tertiary/aromatic N) is 2. The van der Waals surface area contributed by atoms with E-state index in [-0.39, 0.29) is 17.7 Å². The van der Waals surface area contributed by atoms with E-state index in [1.165, 1.54) is 10.3 Å². The highest BCUT2D eigenvalue weighted by Gasteiger charge is 2.35. The summed E-state index contributed by atoms with van der Waals surface area (Å²) in [6, 6.07) is 23.8. The third-order valence-corrected chi connectivity index (χ3v) is 7.20. The molecule has 0 spiro atoms. The molecular weight excluding hydrogens is 452 g/mol. The van der Waals surface area contributed by atoms with Crippen molar-refractivity contribution in [2.75, 3.05) is 0 Å². The molecule has 4 aromatic rings. The van der Waals surface area contributed by atoms with E-state index in [2.05, 4.69) is 47.9 Å². The highest BCUT2D eigenvalue weighted by molar-refractivity contribution is 8.18. The molecule has 2 heterocycles. The maximum Gasteiger partial charge on any atom is 0.293 e. The van der Waals surface area contributed by atoms with Crippen LogP contribution in [0.2, 0.25) is 5.02 Å². The fourth-order valence-electron chi connectivity index (χ4n) is 4.28. The van der Waals surface area contributed by atoms with Crippen LogP contribution in [0.15, 0.2) is 77.7 Å². The molecule has 4 nitrogen and oxygen atoms in total. The lowest BCUT2D eigenvalue weighted by atomic mass is 10.1. The number of imide groups is 1. The van der Waals surface area contributed by atoms with Gasteiger partial charge in [-0.05, 0) is 66.4 Å². The summed E-state index contributed by atoms with van der Waals surface area (Å²) in [5.41, 5.74) is 4.84. The third-order valence-electron chi connectivity index (χ3n) is 5.92. The number of fused-ring (bicyclic) bond motifs is 1. The second-order valence-corrected chi connectivity index (χ2v) is 9.42. The second-order valence-electron chi connectivity index (χ2n) is 8.02. The number of amides is 2. The van der Waals surface area contributed by atoms with Crippen LogP contribution in [-0.2, 0) is 11.3 Å². The van der Waals surface area contributed by atoms with Crippen LogP contribution in [0.25, 0.3) is 22.5 Å². The molecule has 6 heteroatoms. The predicted molar refractivity (Wildman–Crippen MR) is 136 cm³/mol. The quantitative estimate of drug-likeness (QED) is 0.296. The fraction of sp³-hybridized carbons (Fsp3) is 0.111. The number of carbonyl (C=O) groups is 2. The third kappa shape index (κ3) is 3.88. The number of hydrogen-bond acceptors (Lipinski definition) is 3. The highest BCUT2D eigenvalue weighted by atomic mass is 35.5. The van der Waals surface area contributed by atoms with Crippen LogP contribution in [0.1, 0.15) is 22.5 Å². The van der Waals surface area contributed by atoms with Crippen molar-refractivity contribution in [1.29, 1.82) is 0 Å². The summed E-state index contributed by atoms with van der Waals surface area (Å²) in [6.07, 6.45) is 1.82. The van der Waals surface area contributed by atoms with E-state index < -0.39 is 0 Å². The first-order valence-corrected chi connectivity index (χ1v) is 11.8. The average molecular weight is 473 g/mol. The van der Waals surface area contributed by atoms with Gasteiger partial charge in [0, 0.05) is 21.8 Å². The monoisotopic (exact) mass is 472 g/mol. The van der Waals surface area contributed by atoms with Crippen LogP contribution in [0.3, 0.4) is 0 Å². The van der Waals surface area contributed by atoms with Crippen LogP contribution in [-0.4, -0.2) is 20.6 Å². The summed E-state index contributed by atoms with van der Waals surface area (Å²) < 4.78 is 2.20. The van der Waals surface area contributed by atoms with E-state index in [4.69, 9.17) is 11.6 Å². The topological polar surface area (TPSA) is 42.3 Å². The highest BCUT2D eigenvalue weighted by Crippen LogP contribution is 2.36. The van der Waals surface area contributed by atoms with Crippen LogP contribution in [0.5, 0.6) is 0 Å². The zero-order valence-electron chi connectivity index (χ0n) is 18.2. The molecule has 0 radical (unpaired) electrons. The molecule has 0 aliphatic carbocycles. The number of hydrogen-bond donors (Lipinski definition) is 0. The van der Waals surface area contributed by atoms with Crippen molar-refractivity contribution in [2.45, 2.75) is 20.4 Å². The van der Waals surface area contributed by atoms with Gasteiger partial charge in [0.25, 0.3) is 11.1 Å². The maximum absolute atomic E-state index is 13.0. The van der Waals surface area contributed by atoms with Gasteiger partial charge in [-0.25, -0.2) is 0 Å². The van der Waals surface area contributed by atoms with Crippen LogP contribution in [0.4, 0.5) is 4.79 Å². The molecular formula is C27H21ClN2O2S. The molecule has 1 fully saturated rings. The molecule has 33 heavy (non-hydrogen) atoms. The van der Waals surface area contributed by atoms with E-state index in [1.54, 1.807) is 6.07 Å². The Hall–Kier alpha value is -3.28. The van der Waals surface area contributed by atoms with Crippen molar-refractivity contribution in [3.05, 3.63) is 105 Å². The SMILES string of the molecule is Cc1cc(/C=C2\SC(=O)N(Cc3ccccc3Cl)C2=O)c(C)n1-c1cccc2ccccc12. The number of carbonyl (C=O) groups excluding carboxylic acids is 2. The molecule has 0 atom stereocenters. The van der Waals surface area contributed by atoms with Gasteiger partial charge in [0.05, 0.1) is 17.1 Å². The van der Waals surface area contributed by atoms with Gasteiger partial charge in [-0.1, -0.05) is 66.2 Å². The molecule has 0 saturated carbocycles. The average Bonchev–Trinajstić information content (AvgIpc) is 3.24. The first-order chi connectivity index (χ1) is 15.9. The fourth-order valence-corrected chi connectivity index (χ4v) is 5.31. The molecule has 1 aliphatic heterocycles. The van der Waals surface area contributed by atoms with Gasteiger partial charge in [0.15, 0.2) is 0 Å². The lowest BCUT2D eigenvalue weighted by Gasteiger charge is -2.13. The Labute approximate surface area is 201 Å². The number of thioether (sulfide) groups is 1. The van der Waals surface area contributed by atoms with Crippen molar-refractivity contribution in [1.82, 2.24) is 9.47 Å². The molecule has 1 saturated heterocycles. The number of halogens is 1. The predicted octanol–water partition coefficient (Wildman–Crippen LogP) is 7.14. The first kappa shape index (κ1) is 21.6. The van der Waals surface area contributed by atoms with E-state index in [0.717, 1.165) is 45.4 Å². The molecule has 5 rings (SSSR count). The Morgan fingerprint density at radius 2 is 1.67 bits per heavy atom. The molecule has 0 unspecified atom stereocenters. The van der Waals surface area contributed by atoms with Crippen LogP contribution >= 0.6 is 23.4 Å². The summed E-state index contributed by atoms with van der Waals surface area (Å²) >= 11 is 7.20. The van der Waals surface area contributed by atoms with Crippen molar-refractivity contribution < 1.29 is 9.59 Å². The minimum absolute atomic E-state index is 0.163. The van der Waals surface area contributed by atoms with Crippen molar-refractivity contribution >= 4 is 51.4 Å². The number of rotatable bonds is 4. The second kappa shape index (κ2) is 8.58. The zero-order chi connectivity index (χ0) is 23.1. The lowest BCUT2D eigenvalue weighted by Crippen LogP contribution is -2.27. The van der Waals surface area contributed by atoms with Crippen molar-refractivity contribution in [3.8, 4) is 5.69 Å². The van der Waals surface area contributed by atoms with E-state index in [1.807, 2.05) is 43.3 Å². The Morgan fingerprint density at radius 1 is 0.939 bits per heavy atom. The molecule has 2 amide bonds. The number of benzene rings is 3. The van der Waals surface area contributed by atoms with Gasteiger partial charge in [0.2, 0.25) is 0 Å². The molecule has 0 N–H and O–H groups in total. The summed E-state index contributed by atoms with van der Waals surface area (Å²) in [4.78, 5) is 27.3. The Bertz CT molecular complexity index is 1450. The minimum Gasteiger partial charge on any atom is -0.317 e. The van der Waals surface area contributed by atoms with E-state index in [0.29, 0.717) is 9.93 Å². The van der Waals surface area contributed by atoms with E-state index in [9.17, 15) is 9.59 Å². The van der Waals surface area contributed by atoms with Gasteiger partial charge >= 0.3 is 0 Å². The first-order valence-electron chi connectivity index (χ1n) is 10.6. The van der Waals surface area contributed by atoms with Gasteiger partial charge in [0.1, 0.15) is 0 Å². The van der Waals surface area contributed by atoms with Gasteiger partial charge in [-0.15, -0.1) is 0 Å². The molecule has 164 valence electrons. The summed E-state index contributed by atoms with van der Waals surface area (Å²) in [5, 5.41) is 2.59. The van der Waals surface area contributed by atoms with Crippen LogP contribution < -0.4 is 0 Å². The Balaban J connectivity index is 1.50. The minimum atomic E-state index is -0.292. The maximum atomic E-state index is 13.0. The Morgan fingerprint density at radius 3 is 2.48 bits per heavy atom. The largest absolute Gasteiger partial charge is 0.317 e. The summed E-state index contributed by atoms with van der Waals surface area (Å²) in [6.45, 7) is 4.25. The molecule has 0 bridgehead atoms. The summed E-state index contributed by atoms with van der Waals surface area (Å²) in [7, 11) is 0. The van der Waals surface area contributed by atoms with Gasteiger partial charge in [-0.3, -0.25) is 14.5 Å². The van der Waals surface area contributed by atoms with Crippen LogP contribution in [0, 0.1) is 13.8 Å². The molecule has 1 aliphatic rings. The van der Waals surface area contributed by atoms with E-state index >= 15 is 0 Å². The lowest BCUT2D eigenvalue weighted by molar-refractivity contribution is -0.123. The zero-order valence-corrected chi connectivity index (χ0v) is 19.8. The van der Waals surface area contributed by atoms with Crippen molar-refractivity contribution in [3.63, 3.8) is 0 Å². The van der Waals surface area contributed by atoms with Crippen molar-refractivity contribution in [2.24, 2.45) is 0 Å². The Kier molecular flexibility index (Phi) is 5.60. The molecule has 1 aromatic heterocycles. The normalized spacial score (nSPS) is 15.2. The molecule has 3 aromatic carbocycles. The number of aryl methyl sites for hydroxylation is 1.